The number of sulfonamides is 1. The van der Waals surface area contributed by atoms with Crippen molar-refractivity contribution in [3.8, 4) is 11.7 Å². The zero-order chi connectivity index (χ0) is 33.9. The molecule has 256 valence electrons. The molecule has 4 heterocycles. The number of hydrogen-bond donors (Lipinski definition) is 3. The molecule has 0 aromatic carbocycles. The molecule has 1 saturated heterocycles. The van der Waals surface area contributed by atoms with Gasteiger partial charge in [-0.05, 0) is 112 Å². The van der Waals surface area contributed by atoms with Gasteiger partial charge in [0.1, 0.15) is 11.0 Å². The fourth-order valence-corrected chi connectivity index (χ4v) is 9.46. The summed E-state index contributed by atoms with van der Waals surface area (Å²) in [4.78, 5) is 34.4. The van der Waals surface area contributed by atoms with Gasteiger partial charge in [0.15, 0.2) is 10.8 Å². The van der Waals surface area contributed by atoms with Gasteiger partial charge in [-0.1, -0.05) is 17.7 Å². The van der Waals surface area contributed by atoms with Crippen LogP contribution >= 0.6 is 11.6 Å². The van der Waals surface area contributed by atoms with Crippen LogP contribution < -0.4 is 14.8 Å². The Morgan fingerprint density at radius 2 is 1.81 bits per heavy atom. The van der Waals surface area contributed by atoms with E-state index in [1.165, 1.54) is 59.5 Å². The van der Waals surface area contributed by atoms with E-state index in [-0.39, 0.29) is 21.7 Å². The molecular formula is C33H40ClN7O6S. The van der Waals surface area contributed by atoms with Gasteiger partial charge in [-0.2, -0.15) is 8.42 Å². The van der Waals surface area contributed by atoms with E-state index in [2.05, 4.69) is 20.4 Å². The molecule has 3 N–H and O–H groups in total. The van der Waals surface area contributed by atoms with Gasteiger partial charge in [-0.3, -0.25) is 4.79 Å². The highest BCUT2D eigenvalue weighted by atomic mass is 35.5. The molecule has 0 bridgehead atoms. The number of halogens is 1. The number of nitrogens with zero attached hydrogens (tertiary/aromatic N) is 5. The maximum absolute atomic E-state index is 13.1. The lowest BCUT2D eigenvalue weighted by Gasteiger charge is -2.28. The Balaban J connectivity index is 0.900. The predicted molar refractivity (Wildman–Crippen MR) is 177 cm³/mol. The molecule has 0 unspecified atom stereocenters. The lowest BCUT2D eigenvalue weighted by molar-refractivity contribution is 0.0980. The largest absolute Gasteiger partial charge is 0.477 e. The summed E-state index contributed by atoms with van der Waals surface area (Å²) in [5, 5.41) is 16.5. The van der Waals surface area contributed by atoms with E-state index >= 15 is 0 Å². The second-order valence-corrected chi connectivity index (χ2v) is 16.2. The van der Waals surface area contributed by atoms with Crippen molar-refractivity contribution in [1.82, 2.24) is 29.4 Å². The number of likely N-dealkylation sites (tertiary alicyclic amines) is 1. The Bertz CT molecular complexity index is 1840. The molecule has 4 fully saturated rings. The number of aromatic nitrogens is 4. The molecule has 2 amide bonds. The molecule has 3 aliphatic carbocycles. The van der Waals surface area contributed by atoms with Gasteiger partial charge in [-0.25, -0.2) is 24.2 Å². The van der Waals surface area contributed by atoms with Crippen molar-refractivity contribution in [2.24, 2.45) is 22.7 Å². The number of fused-ring (bicyclic) bond motifs is 1. The average Bonchev–Trinajstić information content (AvgIpc) is 3.98. The molecule has 0 radical (unpaired) electrons. The van der Waals surface area contributed by atoms with Crippen molar-refractivity contribution >= 4 is 39.4 Å². The number of anilines is 1. The van der Waals surface area contributed by atoms with Gasteiger partial charge in [0.05, 0.1) is 12.2 Å². The summed E-state index contributed by atoms with van der Waals surface area (Å²) >= 11 is 6.33. The summed E-state index contributed by atoms with van der Waals surface area (Å²) in [6.07, 6.45) is 9.69. The topological polar surface area (TPSA) is 169 Å². The van der Waals surface area contributed by atoms with Crippen LogP contribution in [0.3, 0.4) is 0 Å². The third kappa shape index (κ3) is 6.08. The number of carbonyl (C=O) groups is 2. The van der Waals surface area contributed by atoms with Gasteiger partial charge >= 0.3 is 6.09 Å². The SMILES string of the molecule is CC1(C)C[C@@H](CCCNc2cccc(S(=O)(=O)NC(=O)c3ccc(-n4ccc(OCCC5C6(CC6)C56CC6)n4)nc3Cl)n2)CN1C(=O)O. The molecule has 1 aliphatic heterocycles. The summed E-state index contributed by atoms with van der Waals surface area (Å²) in [7, 11) is -4.33. The van der Waals surface area contributed by atoms with Crippen LogP contribution in [0.4, 0.5) is 10.6 Å². The molecule has 13 nitrogen and oxygen atoms in total. The van der Waals surface area contributed by atoms with Crippen LogP contribution in [0.1, 0.15) is 75.6 Å². The lowest BCUT2D eigenvalue weighted by atomic mass is 9.93. The highest BCUT2D eigenvalue weighted by Gasteiger charge is 2.85. The fourth-order valence-electron chi connectivity index (χ4n) is 8.29. The van der Waals surface area contributed by atoms with Gasteiger partial charge in [0, 0.05) is 30.9 Å². The van der Waals surface area contributed by atoms with Crippen molar-refractivity contribution in [3.63, 3.8) is 0 Å². The first-order valence-corrected chi connectivity index (χ1v) is 18.3. The van der Waals surface area contributed by atoms with Crippen LogP contribution in [-0.4, -0.2) is 75.4 Å². The third-order valence-electron chi connectivity index (χ3n) is 10.9. The first kappa shape index (κ1) is 32.6. The van der Waals surface area contributed by atoms with Gasteiger partial charge in [0.2, 0.25) is 5.88 Å². The van der Waals surface area contributed by atoms with E-state index in [1.54, 1.807) is 18.3 Å². The molecule has 1 atom stereocenters. The lowest BCUT2D eigenvalue weighted by Crippen LogP contribution is -2.41. The maximum atomic E-state index is 13.1. The Morgan fingerprint density at radius 1 is 1.06 bits per heavy atom. The number of carboxylic acid groups (broad SMARTS) is 1. The summed E-state index contributed by atoms with van der Waals surface area (Å²) in [6.45, 7) is 5.50. The smallest absolute Gasteiger partial charge is 0.407 e. The average molecular weight is 698 g/mol. The Morgan fingerprint density at radius 3 is 2.48 bits per heavy atom. The van der Waals surface area contributed by atoms with E-state index in [0.717, 1.165) is 31.6 Å². The van der Waals surface area contributed by atoms with Crippen LogP contribution in [0, 0.1) is 22.7 Å². The number of nitrogens with one attached hydrogen (secondary N) is 2. The van der Waals surface area contributed by atoms with Crippen LogP contribution in [0.15, 0.2) is 47.6 Å². The minimum atomic E-state index is -4.33. The maximum Gasteiger partial charge on any atom is 0.407 e. The predicted octanol–water partition coefficient (Wildman–Crippen LogP) is 5.36. The van der Waals surface area contributed by atoms with Crippen molar-refractivity contribution in [3.05, 3.63) is 53.3 Å². The van der Waals surface area contributed by atoms with Gasteiger partial charge in [-0.15, -0.1) is 5.10 Å². The minimum Gasteiger partial charge on any atom is -0.477 e. The highest BCUT2D eigenvalue weighted by molar-refractivity contribution is 7.90. The van der Waals surface area contributed by atoms with Gasteiger partial charge < -0.3 is 20.1 Å². The molecule has 3 aromatic heterocycles. The number of carbonyl (C=O) groups excluding carboxylic acids is 1. The monoisotopic (exact) mass is 697 g/mol. The van der Waals surface area contributed by atoms with Crippen molar-refractivity contribution < 1.29 is 27.9 Å². The number of hydrogen-bond acceptors (Lipinski definition) is 9. The number of ether oxygens (including phenoxy) is 1. The number of pyridine rings is 2. The first-order chi connectivity index (χ1) is 22.8. The summed E-state index contributed by atoms with van der Waals surface area (Å²) in [5.41, 5.74) is 0.774. The molecule has 7 rings (SSSR count). The van der Waals surface area contributed by atoms with Crippen LogP contribution in [0.2, 0.25) is 5.15 Å². The van der Waals surface area contributed by atoms with Crippen molar-refractivity contribution in [1.29, 1.82) is 0 Å². The zero-order valence-corrected chi connectivity index (χ0v) is 28.6. The summed E-state index contributed by atoms with van der Waals surface area (Å²) in [5.74, 6) is 1.27. The zero-order valence-electron chi connectivity index (χ0n) is 27.0. The standard InChI is InChI=1S/C33H40ClN7O6S/c1-31(2)19-21(20-40(31)30(43)44)5-4-16-35-24-6-3-7-27(36-24)48(45,46)39-29(42)22-8-9-25(37-28(22)34)41-17-10-26(38-41)47-18-11-23-32(12-13-32)33(23)14-15-33/h3,6-10,17,21,23H,4-5,11-16,18-20H2,1-2H3,(H,35,36)(H,39,42)(H,43,44)/t21-/m1/s1. The molecule has 15 heteroatoms. The normalized spacial score (nSPS) is 21.3. The molecule has 2 spiro atoms. The summed E-state index contributed by atoms with van der Waals surface area (Å²) in [6, 6.07) is 9.12. The van der Waals surface area contributed by atoms with E-state index in [0.29, 0.717) is 48.0 Å². The third-order valence-corrected chi connectivity index (χ3v) is 12.4. The fraction of sp³-hybridized carbons (Fsp3) is 0.545. The molecule has 3 saturated carbocycles. The first-order valence-electron chi connectivity index (χ1n) is 16.5. The second-order valence-electron chi connectivity index (χ2n) is 14.2. The number of rotatable bonds is 13. The molecule has 4 aliphatic rings. The van der Waals surface area contributed by atoms with Crippen LogP contribution in [-0.2, 0) is 10.0 Å². The Kier molecular flexibility index (Phi) is 8.09. The Labute approximate surface area is 284 Å². The molecule has 3 aromatic rings. The Hall–Kier alpha value is -3.91. The molecule has 48 heavy (non-hydrogen) atoms. The van der Waals surface area contributed by atoms with E-state index in [4.69, 9.17) is 16.3 Å². The second kappa shape index (κ2) is 11.9. The van der Waals surface area contributed by atoms with E-state index < -0.39 is 27.6 Å². The minimum absolute atomic E-state index is 0.120. The number of amides is 2. The quantitative estimate of drug-likeness (QED) is 0.156. The van der Waals surface area contributed by atoms with E-state index in [1.807, 2.05) is 18.6 Å². The highest BCUT2D eigenvalue weighted by Crippen LogP contribution is 2.93. The van der Waals surface area contributed by atoms with Crippen molar-refractivity contribution in [2.45, 2.75) is 75.8 Å². The molecular weight excluding hydrogens is 658 g/mol. The van der Waals surface area contributed by atoms with Gasteiger partial charge in [0.25, 0.3) is 15.9 Å². The van der Waals surface area contributed by atoms with Crippen LogP contribution in [0.5, 0.6) is 5.88 Å². The van der Waals surface area contributed by atoms with Crippen molar-refractivity contribution in [2.75, 3.05) is 25.0 Å². The van der Waals surface area contributed by atoms with Crippen LogP contribution in [0.25, 0.3) is 5.82 Å². The summed E-state index contributed by atoms with van der Waals surface area (Å²) < 4.78 is 35.6. The van der Waals surface area contributed by atoms with E-state index in [9.17, 15) is 23.1 Å².